The molecule has 11 rings (SSSR count). The number of fused-ring (bicyclic) bond motifs is 10. The summed E-state index contributed by atoms with van der Waals surface area (Å²) in [7, 11) is 5.17. The van der Waals surface area contributed by atoms with E-state index in [1.807, 2.05) is 84.9 Å². The molecule has 1 unspecified atom stereocenters. The highest BCUT2D eigenvalue weighted by molar-refractivity contribution is 9.11. The third-order valence-corrected chi connectivity index (χ3v) is 14.8. The Morgan fingerprint density at radius 1 is 0.640 bits per heavy atom. The number of benzene rings is 7. The highest BCUT2D eigenvalue weighted by atomic mass is 79.9. The second-order valence-electron chi connectivity index (χ2n) is 17.0. The largest absolute Gasteiger partial charge is 0.507 e. The standard InChI is InChI=1S/C15H7BrClNO.C15H8BrNO2.C11H10Br2O4.C11H11BrO4.C7H5NO.CH4.Cl3OP/c16-8-5-6-9-11(7-8)15(17)18-13-10-3-1-2-4-12(10)19-14(9)13;16-8-5-6-9-11(7-8)15(18)17-13-10-3-1-2-4-12(10)19-14(9)13;1-16-10(14)8-5-6(12)3-4-7(8)9(13)11(15)17-2;1-15-10(13)5-7-3-4-8(12)6-9(7)11(14)16-2;8-5-6-3-1-2-4-7(6)9;;1-5(2,3)4/h1-7H;1-7H,(H,17,18);3-5,9H,1-2H3;3-4,6H,5H2,1-2H3;1-4,9H;1H4;. The van der Waals surface area contributed by atoms with Gasteiger partial charge in [-0.2, -0.15) is 5.26 Å². The number of hydrogen-bond donors (Lipinski definition) is 2. The van der Waals surface area contributed by atoms with Gasteiger partial charge in [0.05, 0.1) is 62.5 Å². The van der Waals surface area contributed by atoms with Gasteiger partial charge < -0.3 is 37.9 Å². The smallest absolute Gasteiger partial charge is 0.339 e. The third kappa shape index (κ3) is 18.6. The summed E-state index contributed by atoms with van der Waals surface area (Å²) >= 11 is 36.7. The second kappa shape index (κ2) is 32.6. The average molecular weight is 1590 g/mol. The van der Waals surface area contributed by atoms with Gasteiger partial charge in [-0.3, -0.25) is 18.9 Å². The number of alkyl halides is 1. The molecular weight excluding hydrogens is 1540 g/mol. The molecule has 0 saturated carbocycles. The third-order valence-electron chi connectivity index (χ3n) is 11.7. The zero-order chi connectivity index (χ0) is 62.3. The van der Waals surface area contributed by atoms with Gasteiger partial charge in [-0.15, -0.1) is 0 Å². The fourth-order valence-corrected chi connectivity index (χ4v) is 10.1. The Hall–Kier alpha value is -6.28. The fraction of sp³-hybridized carbons (Fsp3) is 0.117. The van der Waals surface area contributed by atoms with Crippen LogP contribution in [0.3, 0.4) is 0 Å². The van der Waals surface area contributed by atoms with Gasteiger partial charge in [0, 0.05) is 44.8 Å². The van der Waals surface area contributed by atoms with Crippen molar-refractivity contribution >= 4 is 220 Å². The number of phenolic OH excluding ortho intramolecular Hbond substituents is 1. The minimum absolute atomic E-state index is 0. The summed E-state index contributed by atoms with van der Waals surface area (Å²) in [4.78, 5) is 64.5. The van der Waals surface area contributed by atoms with Gasteiger partial charge in [-0.05, 0) is 142 Å². The number of nitrogens with one attached hydrogen (secondary N) is 1. The number of nitriles is 1. The van der Waals surface area contributed by atoms with E-state index in [2.05, 4.69) is 142 Å². The van der Waals surface area contributed by atoms with E-state index in [1.165, 1.54) is 34.5 Å². The number of para-hydroxylation sites is 3. The molecule has 16 nitrogen and oxygen atoms in total. The van der Waals surface area contributed by atoms with Crippen LogP contribution in [0.4, 0.5) is 0 Å². The van der Waals surface area contributed by atoms with Crippen LogP contribution in [0.2, 0.25) is 5.15 Å². The number of ether oxygens (including phenoxy) is 4. The van der Waals surface area contributed by atoms with Crippen LogP contribution in [-0.4, -0.2) is 67.4 Å². The van der Waals surface area contributed by atoms with Crippen LogP contribution in [0.1, 0.15) is 49.7 Å². The molecule has 0 radical (unpaired) electrons. The van der Waals surface area contributed by atoms with Gasteiger partial charge in [-0.1, -0.05) is 147 Å². The van der Waals surface area contributed by atoms with Crippen molar-refractivity contribution in [1.29, 1.82) is 5.26 Å². The summed E-state index contributed by atoms with van der Waals surface area (Å²) in [5.74, 6) is -1.81. The minimum Gasteiger partial charge on any atom is -0.507 e. The Morgan fingerprint density at radius 3 is 1.70 bits per heavy atom. The van der Waals surface area contributed by atoms with Crippen LogP contribution in [0.5, 0.6) is 5.75 Å². The predicted octanol–water partition coefficient (Wildman–Crippen LogP) is 19.2. The number of aromatic nitrogens is 2. The summed E-state index contributed by atoms with van der Waals surface area (Å²) in [6.07, 6.45) is 0.0498. The number of pyridine rings is 2. The Morgan fingerprint density at radius 2 is 1.13 bits per heavy atom. The van der Waals surface area contributed by atoms with Crippen LogP contribution >= 0.6 is 130 Å². The molecule has 4 aromatic heterocycles. The molecule has 0 amide bonds. The van der Waals surface area contributed by atoms with Crippen molar-refractivity contribution in [2.75, 3.05) is 28.4 Å². The number of aromatic amines is 1. The van der Waals surface area contributed by atoms with Crippen LogP contribution in [0.15, 0.2) is 177 Å². The number of esters is 4. The van der Waals surface area contributed by atoms with E-state index >= 15 is 0 Å². The first-order valence-electron chi connectivity index (χ1n) is 24.0. The maximum absolute atomic E-state index is 12.2. The molecule has 4 heterocycles. The molecule has 0 fully saturated rings. The number of rotatable bonds is 6. The number of carbonyl (C=O) groups is 4. The lowest BCUT2D eigenvalue weighted by Gasteiger charge is -2.12. The summed E-state index contributed by atoms with van der Waals surface area (Å²) in [5.41, 5.74) is 6.68. The van der Waals surface area contributed by atoms with Crippen molar-refractivity contribution in [1.82, 2.24) is 9.97 Å². The van der Waals surface area contributed by atoms with E-state index in [9.17, 15) is 28.5 Å². The molecule has 7 aromatic carbocycles. The molecule has 86 heavy (non-hydrogen) atoms. The van der Waals surface area contributed by atoms with Crippen LogP contribution < -0.4 is 5.56 Å². The van der Waals surface area contributed by atoms with E-state index in [4.69, 9.17) is 30.8 Å². The number of halogens is 9. The van der Waals surface area contributed by atoms with Gasteiger partial charge in [-0.25, -0.2) is 14.6 Å². The molecule has 0 aliphatic rings. The van der Waals surface area contributed by atoms with Gasteiger partial charge in [0.1, 0.15) is 38.5 Å². The van der Waals surface area contributed by atoms with E-state index in [-0.39, 0.29) is 25.2 Å². The molecule has 0 aliphatic heterocycles. The molecule has 0 saturated heterocycles. The SMILES string of the molecule is C.COC(=O)Cc1ccc(Br)cc1C(=O)OC.COC(=O)c1cc(Br)ccc1C(Br)C(=O)OC.Clc1nc2c3ccccc3oc2c2ccc(Br)cc12.N#Cc1ccccc1O.O=P(Cl)(Cl)Cl.O=c1[nH]c2c3ccccc3oc2c2ccc(Br)cc12. The zero-order valence-corrected chi connectivity index (χ0v) is 56.1. The summed E-state index contributed by atoms with van der Waals surface area (Å²) in [5, 5.41) is 19.7. The predicted molar refractivity (Wildman–Crippen MR) is 356 cm³/mol. The molecular formula is C60H45Br5Cl4N3O13P. The molecule has 26 heteroatoms. The topological polar surface area (TPSA) is 238 Å². The number of hydrogen-bond acceptors (Lipinski definition) is 15. The first-order valence-corrected chi connectivity index (χ1v) is 32.9. The highest BCUT2D eigenvalue weighted by Crippen LogP contribution is 2.61. The Bertz CT molecular complexity index is 4450. The van der Waals surface area contributed by atoms with E-state index in [1.54, 1.807) is 60.7 Å². The van der Waals surface area contributed by atoms with Crippen molar-refractivity contribution in [2.45, 2.75) is 18.7 Å². The van der Waals surface area contributed by atoms with Crippen LogP contribution in [0, 0.1) is 11.3 Å². The van der Waals surface area contributed by atoms with Crippen LogP contribution in [0.25, 0.3) is 65.7 Å². The van der Waals surface area contributed by atoms with Gasteiger partial charge in [0.2, 0.25) is 0 Å². The molecule has 1 atom stereocenters. The minimum atomic E-state index is -3.22. The number of methoxy groups -OCH3 is 4. The van der Waals surface area contributed by atoms with Gasteiger partial charge in [0.25, 0.3) is 5.56 Å². The highest BCUT2D eigenvalue weighted by Gasteiger charge is 2.25. The maximum atomic E-state index is 12.2. The molecule has 11 aromatic rings. The Balaban J connectivity index is 0.000000195. The lowest BCUT2D eigenvalue weighted by molar-refractivity contribution is -0.140. The fourth-order valence-electron chi connectivity index (χ4n) is 7.88. The summed E-state index contributed by atoms with van der Waals surface area (Å²) in [6.45, 7) is 0. The quantitative estimate of drug-likeness (QED) is 0.0517. The van der Waals surface area contributed by atoms with E-state index in [0.717, 1.165) is 78.2 Å². The van der Waals surface area contributed by atoms with Crippen molar-refractivity contribution in [3.05, 3.63) is 207 Å². The Labute approximate surface area is 552 Å². The molecule has 0 bridgehead atoms. The normalized spacial score (nSPS) is 10.8. The first kappa shape index (κ1) is 70.5. The first-order chi connectivity index (χ1) is 40.4. The summed E-state index contributed by atoms with van der Waals surface area (Å²) < 4.78 is 43.1. The number of phenols is 1. The lowest BCUT2D eigenvalue weighted by atomic mass is 10.0. The number of nitrogens with zero attached hydrogens (tertiary/aromatic N) is 2. The average Bonchev–Trinajstić information content (AvgIpc) is 1.66. The van der Waals surface area contributed by atoms with Crippen molar-refractivity contribution in [3.63, 3.8) is 0 Å². The monoisotopic (exact) mass is 1580 g/mol. The maximum Gasteiger partial charge on any atom is 0.339 e. The molecule has 0 spiro atoms. The van der Waals surface area contributed by atoms with Gasteiger partial charge >= 0.3 is 29.1 Å². The molecule has 2 N–H and O–H groups in total. The second-order valence-corrected chi connectivity index (χ2v) is 28.6. The van der Waals surface area contributed by atoms with E-state index in [0.29, 0.717) is 38.4 Å². The molecule has 0 aliphatic carbocycles. The number of aromatic hydroxyl groups is 1. The summed E-state index contributed by atoms with van der Waals surface area (Å²) in [6, 6.07) is 45.4. The number of furan rings is 2. The Kier molecular flexibility index (Phi) is 26.7. The van der Waals surface area contributed by atoms with Crippen molar-refractivity contribution in [2.24, 2.45) is 0 Å². The van der Waals surface area contributed by atoms with Crippen LogP contribution in [-0.2, 0) is 39.5 Å². The van der Waals surface area contributed by atoms with Crippen molar-refractivity contribution < 1.29 is 56.6 Å². The number of carbonyl (C=O) groups excluding carboxylic acids is 4. The zero-order valence-electron chi connectivity index (χ0n) is 44.2. The van der Waals surface area contributed by atoms with E-state index < -0.39 is 33.9 Å². The van der Waals surface area contributed by atoms with Crippen molar-refractivity contribution in [3.8, 4) is 11.8 Å². The van der Waals surface area contributed by atoms with Gasteiger partial charge in [0.15, 0.2) is 11.2 Å². The lowest BCUT2D eigenvalue weighted by Crippen LogP contribution is -2.13. The molecule has 446 valence electrons. The number of H-pyrrole nitrogens is 1.